The highest BCUT2D eigenvalue weighted by atomic mass is 15.1. The second kappa shape index (κ2) is 5.05. The highest BCUT2D eigenvalue weighted by Crippen LogP contribution is 2.35. The van der Waals surface area contributed by atoms with Crippen LogP contribution in [0.3, 0.4) is 0 Å². The van der Waals surface area contributed by atoms with E-state index in [0.717, 1.165) is 18.5 Å². The van der Waals surface area contributed by atoms with E-state index < -0.39 is 0 Å². The van der Waals surface area contributed by atoms with Crippen molar-refractivity contribution in [1.82, 2.24) is 9.55 Å². The number of hydrogen-bond acceptors (Lipinski definition) is 2. The van der Waals surface area contributed by atoms with Gasteiger partial charge in [0.15, 0.2) is 0 Å². The fraction of sp³-hybridized carbons (Fsp3) is 0.500. The van der Waals surface area contributed by atoms with Crippen LogP contribution < -0.4 is 0 Å². The van der Waals surface area contributed by atoms with E-state index in [1.54, 1.807) is 0 Å². The molecule has 0 amide bonds. The van der Waals surface area contributed by atoms with E-state index in [9.17, 15) is 0 Å². The van der Waals surface area contributed by atoms with Gasteiger partial charge >= 0.3 is 0 Å². The zero-order chi connectivity index (χ0) is 13.2. The topological polar surface area (TPSA) is 41.6 Å². The molecule has 0 N–H and O–H groups in total. The standard InChI is InChI=1S/C16H19N3/c1-2-9-19-15-8-7-12(11-17)10-14(15)18-16(19)13-5-3-4-6-13/h7-8,10,13H,2-6,9H2,1H3. The minimum absolute atomic E-state index is 0.615. The van der Waals surface area contributed by atoms with Crippen molar-refractivity contribution in [3.8, 4) is 6.07 Å². The molecule has 0 aliphatic heterocycles. The molecule has 3 nitrogen and oxygen atoms in total. The van der Waals surface area contributed by atoms with E-state index >= 15 is 0 Å². The van der Waals surface area contributed by atoms with Crippen LogP contribution in [-0.2, 0) is 6.54 Å². The zero-order valence-electron chi connectivity index (χ0n) is 11.4. The SMILES string of the molecule is CCCn1c(C2CCCC2)nc2cc(C#N)ccc21. The molecular weight excluding hydrogens is 234 g/mol. The lowest BCUT2D eigenvalue weighted by Gasteiger charge is -2.12. The van der Waals surface area contributed by atoms with Crippen LogP contribution in [-0.4, -0.2) is 9.55 Å². The van der Waals surface area contributed by atoms with E-state index in [0.29, 0.717) is 11.5 Å². The maximum atomic E-state index is 9.00. The molecule has 1 fully saturated rings. The summed E-state index contributed by atoms with van der Waals surface area (Å²) in [6.07, 6.45) is 6.29. The van der Waals surface area contributed by atoms with Crippen LogP contribution in [0.25, 0.3) is 11.0 Å². The molecule has 0 unspecified atom stereocenters. The Balaban J connectivity index is 2.13. The molecule has 3 heteroatoms. The van der Waals surface area contributed by atoms with Gasteiger partial charge in [0.25, 0.3) is 0 Å². The van der Waals surface area contributed by atoms with E-state index in [1.807, 2.05) is 12.1 Å². The van der Waals surface area contributed by atoms with Crippen LogP contribution in [0.2, 0.25) is 0 Å². The number of nitrogens with zero attached hydrogens (tertiary/aromatic N) is 3. The second-order valence-corrected chi connectivity index (χ2v) is 5.42. The molecule has 2 aromatic rings. The van der Waals surface area contributed by atoms with Crippen molar-refractivity contribution in [1.29, 1.82) is 5.26 Å². The minimum atomic E-state index is 0.615. The molecule has 0 bridgehead atoms. The molecule has 0 spiro atoms. The number of rotatable bonds is 3. The third kappa shape index (κ3) is 2.12. The predicted octanol–water partition coefficient (Wildman–Crippen LogP) is 3.98. The Labute approximate surface area is 113 Å². The largest absolute Gasteiger partial charge is 0.328 e. The van der Waals surface area contributed by atoms with Crippen LogP contribution in [0.4, 0.5) is 0 Å². The summed E-state index contributed by atoms with van der Waals surface area (Å²) in [4.78, 5) is 4.83. The van der Waals surface area contributed by atoms with Gasteiger partial charge in [-0.2, -0.15) is 5.26 Å². The van der Waals surface area contributed by atoms with Crippen molar-refractivity contribution >= 4 is 11.0 Å². The lowest BCUT2D eigenvalue weighted by molar-refractivity contribution is 0.585. The highest BCUT2D eigenvalue weighted by molar-refractivity contribution is 5.78. The van der Waals surface area contributed by atoms with Gasteiger partial charge in [0.1, 0.15) is 5.82 Å². The molecule has 1 aliphatic rings. The molecule has 0 radical (unpaired) electrons. The van der Waals surface area contributed by atoms with Gasteiger partial charge in [-0.25, -0.2) is 4.98 Å². The van der Waals surface area contributed by atoms with Gasteiger partial charge in [-0.1, -0.05) is 19.8 Å². The van der Waals surface area contributed by atoms with Gasteiger partial charge < -0.3 is 4.57 Å². The lowest BCUT2D eigenvalue weighted by atomic mass is 10.1. The molecule has 98 valence electrons. The van der Waals surface area contributed by atoms with Crippen molar-refractivity contribution in [2.24, 2.45) is 0 Å². The third-order valence-electron chi connectivity index (χ3n) is 4.07. The first-order valence-electron chi connectivity index (χ1n) is 7.23. The maximum absolute atomic E-state index is 9.00. The van der Waals surface area contributed by atoms with Crippen molar-refractivity contribution in [2.75, 3.05) is 0 Å². The summed E-state index contributed by atoms with van der Waals surface area (Å²) in [6, 6.07) is 8.06. The molecule has 19 heavy (non-hydrogen) atoms. The van der Waals surface area contributed by atoms with E-state index in [1.165, 1.54) is 37.0 Å². The van der Waals surface area contributed by atoms with Crippen LogP contribution in [0.15, 0.2) is 18.2 Å². The fourth-order valence-corrected chi connectivity index (χ4v) is 3.17. The number of hydrogen-bond donors (Lipinski definition) is 0. The number of nitriles is 1. The van der Waals surface area contributed by atoms with Gasteiger partial charge in [0.05, 0.1) is 22.7 Å². The van der Waals surface area contributed by atoms with E-state index in [2.05, 4.69) is 23.6 Å². The average molecular weight is 253 g/mol. The third-order valence-corrected chi connectivity index (χ3v) is 4.07. The van der Waals surface area contributed by atoms with Gasteiger partial charge in [0, 0.05) is 12.5 Å². The van der Waals surface area contributed by atoms with Crippen LogP contribution in [0, 0.1) is 11.3 Å². The summed E-state index contributed by atoms with van der Waals surface area (Å²) < 4.78 is 2.37. The first-order valence-corrected chi connectivity index (χ1v) is 7.23. The zero-order valence-corrected chi connectivity index (χ0v) is 11.4. The van der Waals surface area contributed by atoms with E-state index in [4.69, 9.17) is 10.2 Å². The molecule has 1 aliphatic carbocycles. The number of fused-ring (bicyclic) bond motifs is 1. The summed E-state index contributed by atoms with van der Waals surface area (Å²) in [5.41, 5.74) is 2.86. The number of imidazole rings is 1. The fourth-order valence-electron chi connectivity index (χ4n) is 3.17. The van der Waals surface area contributed by atoms with Crippen LogP contribution in [0.5, 0.6) is 0 Å². The molecular formula is C16H19N3. The molecule has 0 atom stereocenters. The smallest absolute Gasteiger partial charge is 0.112 e. The quantitative estimate of drug-likeness (QED) is 0.830. The average Bonchev–Trinajstić information content (AvgIpc) is 3.06. The summed E-state index contributed by atoms with van der Waals surface area (Å²) in [6.45, 7) is 3.22. The maximum Gasteiger partial charge on any atom is 0.112 e. The summed E-state index contributed by atoms with van der Waals surface area (Å²) in [5, 5.41) is 9.00. The Morgan fingerprint density at radius 2 is 2.16 bits per heavy atom. The highest BCUT2D eigenvalue weighted by Gasteiger charge is 2.23. The number of aryl methyl sites for hydroxylation is 1. The van der Waals surface area contributed by atoms with Crippen molar-refractivity contribution < 1.29 is 0 Å². The molecule has 0 saturated heterocycles. The molecule has 1 aromatic carbocycles. The van der Waals surface area contributed by atoms with Crippen LogP contribution >= 0.6 is 0 Å². The Morgan fingerprint density at radius 3 is 2.84 bits per heavy atom. The number of benzene rings is 1. The predicted molar refractivity (Wildman–Crippen MR) is 75.9 cm³/mol. The normalized spacial score (nSPS) is 16.0. The Bertz CT molecular complexity index is 627. The van der Waals surface area contributed by atoms with Crippen molar-refractivity contribution in [3.05, 3.63) is 29.6 Å². The van der Waals surface area contributed by atoms with Crippen LogP contribution in [0.1, 0.15) is 56.3 Å². The molecule has 3 rings (SSSR count). The lowest BCUT2D eigenvalue weighted by Crippen LogP contribution is -2.06. The van der Waals surface area contributed by atoms with Gasteiger partial charge in [0.2, 0.25) is 0 Å². The van der Waals surface area contributed by atoms with Gasteiger partial charge in [-0.05, 0) is 37.5 Å². The molecule has 1 heterocycles. The van der Waals surface area contributed by atoms with Gasteiger partial charge in [-0.3, -0.25) is 0 Å². The molecule has 1 aromatic heterocycles. The van der Waals surface area contributed by atoms with Crippen molar-refractivity contribution in [3.63, 3.8) is 0 Å². The summed E-state index contributed by atoms with van der Waals surface area (Å²) >= 11 is 0. The Morgan fingerprint density at radius 1 is 1.37 bits per heavy atom. The first kappa shape index (κ1) is 12.2. The van der Waals surface area contributed by atoms with Gasteiger partial charge in [-0.15, -0.1) is 0 Å². The second-order valence-electron chi connectivity index (χ2n) is 5.42. The van der Waals surface area contributed by atoms with E-state index in [-0.39, 0.29) is 0 Å². The monoisotopic (exact) mass is 253 g/mol. The van der Waals surface area contributed by atoms with Crippen molar-refractivity contribution in [2.45, 2.75) is 51.5 Å². The Kier molecular flexibility index (Phi) is 3.25. The summed E-state index contributed by atoms with van der Waals surface area (Å²) in [5.74, 6) is 1.86. The number of aromatic nitrogens is 2. The minimum Gasteiger partial charge on any atom is -0.328 e. The summed E-state index contributed by atoms with van der Waals surface area (Å²) in [7, 11) is 0. The molecule has 1 saturated carbocycles. The first-order chi connectivity index (χ1) is 9.33. The Hall–Kier alpha value is -1.82.